The van der Waals surface area contributed by atoms with Crippen LogP contribution in [0.25, 0.3) is 0 Å². The van der Waals surface area contributed by atoms with Crippen molar-refractivity contribution < 1.29 is 9.53 Å². The van der Waals surface area contributed by atoms with Crippen LogP contribution in [-0.4, -0.2) is 25.6 Å². The van der Waals surface area contributed by atoms with Crippen LogP contribution in [0.5, 0.6) is 5.75 Å². The summed E-state index contributed by atoms with van der Waals surface area (Å²) in [6.07, 6.45) is 1.03. The highest BCUT2D eigenvalue weighted by Gasteiger charge is 2.29. The molecule has 1 aromatic carbocycles. The topological polar surface area (TPSA) is 50.4 Å². The highest BCUT2D eigenvalue weighted by Crippen LogP contribution is 2.27. The largest absolute Gasteiger partial charge is 0.495 e. The van der Waals surface area contributed by atoms with Crippen LogP contribution < -0.4 is 15.4 Å². The predicted molar refractivity (Wildman–Crippen MR) is 72.2 cm³/mol. The molecule has 2 N–H and O–H groups in total. The lowest BCUT2D eigenvalue weighted by molar-refractivity contribution is -0.118. The van der Waals surface area contributed by atoms with Gasteiger partial charge >= 0.3 is 0 Å². The second-order valence-corrected chi connectivity index (χ2v) is 4.94. The second kappa shape index (κ2) is 5.59. The van der Waals surface area contributed by atoms with Crippen LogP contribution in [0.2, 0.25) is 5.02 Å². The minimum absolute atomic E-state index is 0.0127. The van der Waals surface area contributed by atoms with Gasteiger partial charge in [0.25, 0.3) is 0 Å². The molecule has 0 aromatic heterocycles. The Morgan fingerprint density at radius 3 is 2.89 bits per heavy atom. The van der Waals surface area contributed by atoms with Crippen molar-refractivity contribution in [1.29, 1.82) is 0 Å². The summed E-state index contributed by atoms with van der Waals surface area (Å²) in [6.45, 7) is 2.97. The molecule has 0 aliphatic carbocycles. The number of ether oxygens (including phenoxy) is 1. The van der Waals surface area contributed by atoms with E-state index >= 15 is 0 Å². The van der Waals surface area contributed by atoms with Crippen molar-refractivity contribution >= 4 is 23.2 Å². The summed E-state index contributed by atoms with van der Waals surface area (Å²) in [5.41, 5.74) is 0.687. The molecule has 5 heteroatoms. The summed E-state index contributed by atoms with van der Waals surface area (Å²) in [4.78, 5) is 12.0. The van der Waals surface area contributed by atoms with Gasteiger partial charge in [-0.05, 0) is 37.1 Å². The summed E-state index contributed by atoms with van der Waals surface area (Å²) in [6, 6.07) is 5.09. The molecule has 0 bridgehead atoms. The number of carbonyl (C=O) groups excluding carboxylic acids is 1. The molecule has 2 atom stereocenters. The van der Waals surface area contributed by atoms with Crippen LogP contribution in [0, 0.1) is 5.92 Å². The lowest BCUT2D eigenvalue weighted by Gasteiger charge is -2.15. The number of rotatable bonds is 3. The monoisotopic (exact) mass is 268 g/mol. The van der Waals surface area contributed by atoms with E-state index in [4.69, 9.17) is 16.3 Å². The number of nitrogens with one attached hydrogen (secondary N) is 2. The molecule has 1 aliphatic heterocycles. The quantitative estimate of drug-likeness (QED) is 0.884. The molecule has 4 nitrogen and oxygen atoms in total. The zero-order valence-electron chi connectivity index (χ0n) is 10.5. The van der Waals surface area contributed by atoms with Gasteiger partial charge in [-0.3, -0.25) is 4.79 Å². The molecule has 2 unspecified atom stereocenters. The lowest BCUT2D eigenvalue weighted by Crippen LogP contribution is -2.39. The summed E-state index contributed by atoms with van der Waals surface area (Å²) in [5.74, 6) is 0.946. The minimum Gasteiger partial charge on any atom is -0.495 e. The fraction of sp³-hybridized carbons (Fsp3) is 0.462. The Kier molecular flexibility index (Phi) is 4.09. The number of halogens is 1. The lowest BCUT2D eigenvalue weighted by atomic mass is 10.0. The molecule has 1 fully saturated rings. The molecule has 1 amide bonds. The molecular formula is C13H17ClN2O2. The van der Waals surface area contributed by atoms with Gasteiger partial charge in [-0.25, -0.2) is 0 Å². The van der Waals surface area contributed by atoms with Gasteiger partial charge in [0.05, 0.1) is 18.2 Å². The molecule has 0 saturated carbocycles. The van der Waals surface area contributed by atoms with Gasteiger partial charge in [0.1, 0.15) is 5.75 Å². The molecular weight excluding hydrogens is 252 g/mol. The average Bonchev–Trinajstić information content (AvgIpc) is 2.76. The third-order valence-electron chi connectivity index (χ3n) is 3.23. The molecule has 2 rings (SSSR count). The SMILES string of the molecule is COc1ccc(NC(=O)C2NCCC2C)cc1Cl. The van der Waals surface area contributed by atoms with Crippen molar-refractivity contribution in [1.82, 2.24) is 5.32 Å². The maximum atomic E-state index is 12.0. The van der Waals surface area contributed by atoms with E-state index in [0.717, 1.165) is 13.0 Å². The van der Waals surface area contributed by atoms with Gasteiger partial charge in [0.15, 0.2) is 0 Å². The highest BCUT2D eigenvalue weighted by atomic mass is 35.5. The standard InChI is InChI=1S/C13H17ClN2O2/c1-8-5-6-15-12(8)13(17)16-9-3-4-11(18-2)10(14)7-9/h3-4,7-8,12,15H,5-6H2,1-2H3,(H,16,17). The van der Waals surface area contributed by atoms with Crippen LogP contribution in [0.15, 0.2) is 18.2 Å². The zero-order chi connectivity index (χ0) is 13.1. The number of hydrogen-bond acceptors (Lipinski definition) is 3. The van der Waals surface area contributed by atoms with Crippen LogP contribution in [0.1, 0.15) is 13.3 Å². The van der Waals surface area contributed by atoms with Crippen molar-refractivity contribution in [3.8, 4) is 5.75 Å². The van der Waals surface area contributed by atoms with Gasteiger partial charge < -0.3 is 15.4 Å². The van der Waals surface area contributed by atoms with Crippen molar-refractivity contribution in [2.45, 2.75) is 19.4 Å². The third-order valence-corrected chi connectivity index (χ3v) is 3.53. The second-order valence-electron chi connectivity index (χ2n) is 4.54. The third kappa shape index (κ3) is 2.76. The van der Waals surface area contributed by atoms with Crippen molar-refractivity contribution in [3.63, 3.8) is 0 Å². The Balaban J connectivity index is 2.05. The van der Waals surface area contributed by atoms with Crippen LogP contribution >= 0.6 is 11.6 Å². The molecule has 1 heterocycles. The summed E-state index contributed by atoms with van der Waals surface area (Å²) in [5, 5.41) is 6.55. The van der Waals surface area contributed by atoms with E-state index < -0.39 is 0 Å². The minimum atomic E-state index is -0.120. The number of amides is 1. The van der Waals surface area contributed by atoms with Gasteiger partial charge in [0, 0.05) is 5.69 Å². The van der Waals surface area contributed by atoms with Crippen molar-refractivity contribution in [2.75, 3.05) is 19.0 Å². The smallest absolute Gasteiger partial charge is 0.241 e. The van der Waals surface area contributed by atoms with E-state index in [-0.39, 0.29) is 11.9 Å². The summed E-state index contributed by atoms with van der Waals surface area (Å²) < 4.78 is 5.06. The van der Waals surface area contributed by atoms with Crippen LogP contribution in [0.4, 0.5) is 5.69 Å². The van der Waals surface area contributed by atoms with E-state index in [1.54, 1.807) is 25.3 Å². The zero-order valence-corrected chi connectivity index (χ0v) is 11.3. The Labute approximate surface area is 112 Å². The highest BCUT2D eigenvalue weighted by molar-refractivity contribution is 6.32. The predicted octanol–water partition coefficient (Wildman–Crippen LogP) is 2.29. The molecule has 1 saturated heterocycles. The Bertz CT molecular complexity index is 451. The number of benzene rings is 1. The summed E-state index contributed by atoms with van der Waals surface area (Å²) in [7, 11) is 1.56. The number of anilines is 1. The molecule has 98 valence electrons. The van der Waals surface area contributed by atoms with E-state index in [0.29, 0.717) is 22.4 Å². The van der Waals surface area contributed by atoms with E-state index in [9.17, 15) is 4.79 Å². The number of hydrogen-bond donors (Lipinski definition) is 2. The van der Waals surface area contributed by atoms with Gasteiger partial charge in [-0.1, -0.05) is 18.5 Å². The van der Waals surface area contributed by atoms with E-state index in [1.807, 2.05) is 0 Å². The maximum Gasteiger partial charge on any atom is 0.241 e. The van der Waals surface area contributed by atoms with E-state index in [1.165, 1.54) is 0 Å². The first-order chi connectivity index (χ1) is 8.61. The van der Waals surface area contributed by atoms with Crippen molar-refractivity contribution in [2.24, 2.45) is 5.92 Å². The molecule has 1 aromatic rings. The first kappa shape index (κ1) is 13.2. The molecule has 0 spiro atoms. The fourth-order valence-electron chi connectivity index (χ4n) is 2.15. The average molecular weight is 269 g/mol. The van der Waals surface area contributed by atoms with Gasteiger partial charge in [-0.15, -0.1) is 0 Å². The first-order valence-electron chi connectivity index (χ1n) is 5.99. The molecule has 18 heavy (non-hydrogen) atoms. The van der Waals surface area contributed by atoms with Crippen LogP contribution in [0.3, 0.4) is 0 Å². The van der Waals surface area contributed by atoms with Gasteiger partial charge in [0.2, 0.25) is 5.91 Å². The molecule has 1 aliphatic rings. The van der Waals surface area contributed by atoms with Gasteiger partial charge in [-0.2, -0.15) is 0 Å². The Morgan fingerprint density at radius 1 is 1.56 bits per heavy atom. The Hall–Kier alpha value is -1.26. The normalized spacial score (nSPS) is 22.8. The van der Waals surface area contributed by atoms with Crippen molar-refractivity contribution in [3.05, 3.63) is 23.2 Å². The molecule has 0 radical (unpaired) electrons. The number of carbonyl (C=O) groups is 1. The first-order valence-corrected chi connectivity index (χ1v) is 6.37. The Morgan fingerprint density at radius 2 is 2.33 bits per heavy atom. The van der Waals surface area contributed by atoms with Crippen LogP contribution in [-0.2, 0) is 4.79 Å². The number of methoxy groups -OCH3 is 1. The maximum absolute atomic E-state index is 12.0. The van der Waals surface area contributed by atoms with E-state index in [2.05, 4.69) is 17.6 Å². The fourth-order valence-corrected chi connectivity index (χ4v) is 2.41. The summed E-state index contributed by atoms with van der Waals surface area (Å²) >= 11 is 6.01.